The third-order valence-corrected chi connectivity index (χ3v) is 4.84. The number of nitrogens with zero attached hydrogens (tertiary/aromatic N) is 2. The van der Waals surface area contributed by atoms with Crippen molar-refractivity contribution in [3.05, 3.63) is 60.7 Å². The molecule has 4 heteroatoms. The smallest absolute Gasteiger partial charge is 0.303 e. The highest BCUT2D eigenvalue weighted by Crippen LogP contribution is 2.33. The standard InChI is InChI=1S/C20H24N2O2/c1-20(13-12-19(23)24)16-21(17-8-4-2-5-9-17)14-15-22(20)18-10-6-3-7-11-18/h2-11H,12-16H2,1H3,(H,23,24). The minimum absolute atomic E-state index is 0.183. The average Bonchev–Trinajstić information content (AvgIpc) is 2.61. The predicted octanol–water partition coefficient (Wildman–Crippen LogP) is 3.64. The van der Waals surface area contributed by atoms with E-state index in [0.717, 1.165) is 25.3 Å². The van der Waals surface area contributed by atoms with Gasteiger partial charge >= 0.3 is 5.97 Å². The molecule has 1 aliphatic heterocycles. The number of hydrogen-bond donors (Lipinski definition) is 1. The zero-order valence-corrected chi connectivity index (χ0v) is 14.1. The lowest BCUT2D eigenvalue weighted by Crippen LogP contribution is -2.61. The van der Waals surface area contributed by atoms with Crippen LogP contribution in [-0.2, 0) is 4.79 Å². The molecule has 1 atom stereocenters. The van der Waals surface area contributed by atoms with Crippen LogP contribution in [0.25, 0.3) is 0 Å². The van der Waals surface area contributed by atoms with E-state index >= 15 is 0 Å². The molecule has 126 valence electrons. The largest absolute Gasteiger partial charge is 0.481 e. The fourth-order valence-electron chi connectivity index (χ4n) is 3.56. The summed E-state index contributed by atoms with van der Waals surface area (Å²) in [5, 5.41) is 9.17. The van der Waals surface area contributed by atoms with Crippen LogP contribution in [0.15, 0.2) is 60.7 Å². The molecule has 0 bridgehead atoms. The molecule has 24 heavy (non-hydrogen) atoms. The molecular weight excluding hydrogens is 300 g/mol. The van der Waals surface area contributed by atoms with Gasteiger partial charge in [-0.15, -0.1) is 0 Å². The average molecular weight is 324 g/mol. The Kier molecular flexibility index (Phi) is 4.74. The van der Waals surface area contributed by atoms with E-state index in [4.69, 9.17) is 5.11 Å². The van der Waals surface area contributed by atoms with Gasteiger partial charge in [0.25, 0.3) is 0 Å². The highest BCUT2D eigenvalue weighted by atomic mass is 16.4. The molecule has 1 saturated heterocycles. The molecule has 0 spiro atoms. The van der Waals surface area contributed by atoms with Crippen LogP contribution in [0.2, 0.25) is 0 Å². The van der Waals surface area contributed by atoms with E-state index in [2.05, 4.69) is 41.0 Å². The minimum Gasteiger partial charge on any atom is -0.481 e. The molecule has 1 heterocycles. The molecule has 0 saturated carbocycles. The lowest BCUT2D eigenvalue weighted by molar-refractivity contribution is -0.137. The minimum atomic E-state index is -0.735. The topological polar surface area (TPSA) is 43.8 Å². The van der Waals surface area contributed by atoms with Crippen molar-refractivity contribution in [2.45, 2.75) is 25.3 Å². The third-order valence-electron chi connectivity index (χ3n) is 4.84. The van der Waals surface area contributed by atoms with Gasteiger partial charge in [0, 0.05) is 37.4 Å². The number of aliphatic carboxylic acids is 1. The SMILES string of the molecule is CC1(CCC(=O)O)CN(c2ccccc2)CCN1c1ccccc1. The Bertz CT molecular complexity index is 675. The number of benzene rings is 2. The summed E-state index contributed by atoms with van der Waals surface area (Å²) in [7, 11) is 0. The summed E-state index contributed by atoms with van der Waals surface area (Å²) in [4.78, 5) is 15.9. The van der Waals surface area contributed by atoms with Gasteiger partial charge in [-0.25, -0.2) is 0 Å². The van der Waals surface area contributed by atoms with E-state index in [9.17, 15) is 4.79 Å². The number of carboxylic acid groups (broad SMARTS) is 1. The first-order valence-electron chi connectivity index (χ1n) is 8.43. The highest BCUT2D eigenvalue weighted by Gasteiger charge is 2.38. The quantitative estimate of drug-likeness (QED) is 0.912. The molecule has 4 nitrogen and oxygen atoms in total. The number of carbonyl (C=O) groups is 1. The van der Waals surface area contributed by atoms with Crippen molar-refractivity contribution in [3.8, 4) is 0 Å². The molecule has 1 unspecified atom stereocenters. The van der Waals surface area contributed by atoms with Crippen LogP contribution in [-0.4, -0.2) is 36.2 Å². The van der Waals surface area contributed by atoms with Crippen molar-refractivity contribution >= 4 is 17.3 Å². The zero-order chi connectivity index (χ0) is 17.0. The van der Waals surface area contributed by atoms with Gasteiger partial charge in [0.05, 0.1) is 5.54 Å². The van der Waals surface area contributed by atoms with E-state index in [0.29, 0.717) is 6.42 Å². The van der Waals surface area contributed by atoms with Gasteiger partial charge in [-0.05, 0) is 37.6 Å². The van der Waals surface area contributed by atoms with Crippen LogP contribution in [0.3, 0.4) is 0 Å². The zero-order valence-electron chi connectivity index (χ0n) is 14.1. The monoisotopic (exact) mass is 324 g/mol. The molecule has 0 aromatic heterocycles. The van der Waals surface area contributed by atoms with Crippen LogP contribution in [0.5, 0.6) is 0 Å². The second-order valence-electron chi connectivity index (χ2n) is 6.63. The maximum Gasteiger partial charge on any atom is 0.303 e. The van der Waals surface area contributed by atoms with Gasteiger partial charge in [0.15, 0.2) is 0 Å². The number of rotatable bonds is 5. The second kappa shape index (κ2) is 6.95. The van der Waals surface area contributed by atoms with Gasteiger partial charge < -0.3 is 14.9 Å². The lowest BCUT2D eigenvalue weighted by Gasteiger charge is -2.51. The molecular formula is C20H24N2O2. The maximum absolute atomic E-state index is 11.1. The molecule has 3 rings (SSSR count). The Labute approximate surface area is 143 Å². The molecule has 1 fully saturated rings. The first kappa shape index (κ1) is 16.4. The summed E-state index contributed by atoms with van der Waals surface area (Å²) in [5.41, 5.74) is 2.15. The molecule has 0 aliphatic carbocycles. The van der Waals surface area contributed by atoms with Crippen LogP contribution >= 0.6 is 0 Å². The Balaban J connectivity index is 1.86. The van der Waals surface area contributed by atoms with Crippen LogP contribution in [0, 0.1) is 0 Å². The van der Waals surface area contributed by atoms with Gasteiger partial charge in [0.2, 0.25) is 0 Å². The Morgan fingerprint density at radius 3 is 2.17 bits per heavy atom. The fraction of sp³-hybridized carbons (Fsp3) is 0.350. The summed E-state index contributed by atoms with van der Waals surface area (Å²) in [6.45, 7) is 4.81. The third kappa shape index (κ3) is 3.53. The van der Waals surface area contributed by atoms with E-state index in [1.807, 2.05) is 36.4 Å². The number of anilines is 2. The summed E-state index contributed by atoms with van der Waals surface area (Å²) in [5.74, 6) is -0.735. The summed E-state index contributed by atoms with van der Waals surface area (Å²) in [6.07, 6.45) is 0.809. The van der Waals surface area contributed by atoms with E-state index in [1.54, 1.807) is 0 Å². The first-order valence-corrected chi connectivity index (χ1v) is 8.43. The van der Waals surface area contributed by atoms with Crippen molar-refractivity contribution in [3.63, 3.8) is 0 Å². The number of carboxylic acids is 1. The van der Waals surface area contributed by atoms with E-state index in [1.165, 1.54) is 5.69 Å². The molecule has 0 amide bonds. The van der Waals surface area contributed by atoms with Gasteiger partial charge in [-0.3, -0.25) is 4.79 Å². The lowest BCUT2D eigenvalue weighted by atomic mass is 9.89. The molecule has 1 aliphatic rings. The highest BCUT2D eigenvalue weighted by molar-refractivity contribution is 5.67. The molecule has 2 aromatic carbocycles. The number of para-hydroxylation sites is 2. The van der Waals surface area contributed by atoms with Crippen molar-refractivity contribution < 1.29 is 9.90 Å². The van der Waals surface area contributed by atoms with Crippen LogP contribution in [0.4, 0.5) is 11.4 Å². The van der Waals surface area contributed by atoms with Gasteiger partial charge in [0.1, 0.15) is 0 Å². The van der Waals surface area contributed by atoms with Crippen LogP contribution < -0.4 is 9.80 Å². The van der Waals surface area contributed by atoms with E-state index < -0.39 is 5.97 Å². The number of piperazine rings is 1. The van der Waals surface area contributed by atoms with Crippen molar-refractivity contribution in [2.75, 3.05) is 29.4 Å². The maximum atomic E-state index is 11.1. The van der Waals surface area contributed by atoms with Crippen molar-refractivity contribution in [1.29, 1.82) is 0 Å². The van der Waals surface area contributed by atoms with E-state index in [-0.39, 0.29) is 12.0 Å². The van der Waals surface area contributed by atoms with Gasteiger partial charge in [-0.1, -0.05) is 36.4 Å². The molecule has 0 radical (unpaired) electrons. The summed E-state index contributed by atoms with van der Waals surface area (Å²) >= 11 is 0. The fourth-order valence-corrected chi connectivity index (χ4v) is 3.56. The number of hydrogen-bond acceptors (Lipinski definition) is 3. The Morgan fingerprint density at radius 1 is 1.00 bits per heavy atom. The second-order valence-corrected chi connectivity index (χ2v) is 6.63. The van der Waals surface area contributed by atoms with Gasteiger partial charge in [-0.2, -0.15) is 0 Å². The van der Waals surface area contributed by atoms with Crippen molar-refractivity contribution in [2.24, 2.45) is 0 Å². The molecule has 1 N–H and O–H groups in total. The summed E-state index contributed by atoms with van der Waals surface area (Å²) in [6, 6.07) is 20.7. The van der Waals surface area contributed by atoms with Crippen molar-refractivity contribution in [1.82, 2.24) is 0 Å². The Hall–Kier alpha value is -2.49. The normalized spacial score (nSPS) is 20.9. The predicted molar refractivity (Wildman–Crippen MR) is 97.7 cm³/mol. The summed E-state index contributed by atoms with van der Waals surface area (Å²) < 4.78 is 0. The molecule has 2 aromatic rings. The Morgan fingerprint density at radius 2 is 1.58 bits per heavy atom. The first-order chi connectivity index (χ1) is 11.6. The van der Waals surface area contributed by atoms with Crippen LogP contribution in [0.1, 0.15) is 19.8 Å².